The summed E-state index contributed by atoms with van der Waals surface area (Å²) in [5.74, 6) is -6.90. The molecule has 0 saturated heterocycles. The number of hydrogen-bond donors (Lipinski definition) is 0. The van der Waals surface area contributed by atoms with Crippen LogP contribution in [0.25, 0.3) is 0 Å². The van der Waals surface area contributed by atoms with Crippen molar-refractivity contribution in [3.8, 4) is 0 Å². The van der Waals surface area contributed by atoms with Gasteiger partial charge >= 0.3 is 59.7 Å². The van der Waals surface area contributed by atoms with Crippen LogP contribution in [0.5, 0.6) is 0 Å². The standard InChI is InChI=1S/C70H128N6O21/c1-61(2,3)88-51(77)39-71(31-33-73(41-53(79)90-63(7,8)9)42-54(80)91-64(10,11)12)35-37-75(45-57(83)94-67(19,20)21)49(59(85)96-69(25,26)27)47-87-48-50(60(86)97-70(28,29)30)76(46-58(84)95-68(22,23)24)38-36-72(40-52(78)89-62(4,5)6)32-34-74(43-55(81)92-65(13,14)15)44-56(82)93-66(16,17)18/h49-50H,31-48H2,1-30H3. The molecule has 0 amide bonds. The highest BCUT2D eigenvalue weighted by molar-refractivity contribution is 5.80. The quantitative estimate of drug-likeness (QED) is 0.0452. The molecule has 0 heterocycles. The summed E-state index contributed by atoms with van der Waals surface area (Å²) in [7, 11) is 0. The fourth-order valence-corrected chi connectivity index (χ4v) is 8.86. The molecular formula is C70H128N6O21. The van der Waals surface area contributed by atoms with Crippen molar-refractivity contribution in [1.29, 1.82) is 0 Å². The minimum Gasteiger partial charge on any atom is -0.459 e. The molecule has 97 heavy (non-hydrogen) atoms. The first-order chi connectivity index (χ1) is 43.3. The number of carbonyl (C=O) groups is 10. The first-order valence-electron chi connectivity index (χ1n) is 33.5. The SMILES string of the molecule is CC(C)(C)OC(=O)CN(CCN(CC(=O)OC(C)(C)C)CC(=O)OC(C)(C)C)CCN(CC(=O)OC(C)(C)C)C(COCC(C(=O)OC(C)(C)C)N(CCN(CCN(CC(=O)OC(C)(C)C)CC(=O)OC(C)(C)C)CC(=O)OC(C)(C)C)CC(=O)OC(C)(C)C)C(=O)OC(C)(C)C. The first-order valence-corrected chi connectivity index (χ1v) is 33.5. The molecule has 0 aromatic carbocycles. The molecule has 0 aliphatic carbocycles. The summed E-state index contributed by atoms with van der Waals surface area (Å²) in [5, 5.41) is 0. The third kappa shape index (κ3) is 50.4. The van der Waals surface area contributed by atoms with E-state index in [0.29, 0.717) is 0 Å². The number of esters is 10. The highest BCUT2D eigenvalue weighted by atomic mass is 16.6. The van der Waals surface area contributed by atoms with Gasteiger partial charge in [-0.2, -0.15) is 0 Å². The van der Waals surface area contributed by atoms with Crippen LogP contribution in [-0.2, 0) is 100 Å². The fraction of sp³-hybridized carbons (Fsp3) is 0.857. The van der Waals surface area contributed by atoms with Crippen LogP contribution in [0.3, 0.4) is 0 Å². The molecule has 0 spiro atoms. The molecule has 0 radical (unpaired) electrons. The maximum absolute atomic E-state index is 14.8. The Labute approximate surface area is 580 Å². The second kappa shape index (κ2) is 38.3. The molecule has 564 valence electrons. The zero-order valence-corrected chi connectivity index (χ0v) is 65.1. The average molecular weight is 1390 g/mol. The normalized spacial score (nSPS) is 13.9. The molecule has 0 aliphatic rings. The largest absolute Gasteiger partial charge is 0.459 e. The topological polar surface area (TPSA) is 292 Å². The van der Waals surface area contributed by atoms with E-state index in [9.17, 15) is 47.9 Å². The fourth-order valence-electron chi connectivity index (χ4n) is 8.86. The average Bonchev–Trinajstić information content (AvgIpc) is 0.851. The van der Waals surface area contributed by atoms with E-state index in [0.717, 1.165) is 0 Å². The van der Waals surface area contributed by atoms with Crippen molar-refractivity contribution in [2.45, 2.75) is 276 Å². The molecule has 2 atom stereocenters. The van der Waals surface area contributed by atoms with Gasteiger partial charge in [0, 0.05) is 52.4 Å². The number of carbonyl (C=O) groups excluding carboxylic acids is 10. The summed E-state index contributed by atoms with van der Waals surface area (Å²) < 4.78 is 64.2. The van der Waals surface area contributed by atoms with Gasteiger partial charge in [-0.25, -0.2) is 0 Å². The van der Waals surface area contributed by atoms with Gasteiger partial charge in [-0.3, -0.25) is 77.3 Å². The molecule has 0 saturated carbocycles. The van der Waals surface area contributed by atoms with Gasteiger partial charge in [0.2, 0.25) is 0 Å². The van der Waals surface area contributed by atoms with Crippen molar-refractivity contribution in [2.75, 3.05) is 118 Å². The van der Waals surface area contributed by atoms with Gasteiger partial charge in [-0.1, -0.05) is 0 Å². The van der Waals surface area contributed by atoms with E-state index in [1.165, 1.54) is 19.6 Å². The van der Waals surface area contributed by atoms with E-state index in [-0.39, 0.29) is 91.6 Å². The number of ether oxygens (including phenoxy) is 11. The molecule has 0 aliphatic heterocycles. The minimum atomic E-state index is -1.45. The Morgan fingerprint density at radius 2 is 0.371 bits per heavy atom. The number of rotatable bonds is 36. The van der Waals surface area contributed by atoms with Crippen LogP contribution >= 0.6 is 0 Å². The maximum Gasteiger partial charge on any atom is 0.326 e. The Kier molecular flexibility index (Phi) is 36.1. The summed E-state index contributed by atoms with van der Waals surface area (Å²) in [4.78, 5) is 148. The van der Waals surface area contributed by atoms with E-state index < -0.39 is 154 Å². The molecule has 0 N–H and O–H groups in total. The highest BCUT2D eigenvalue weighted by Gasteiger charge is 2.39. The van der Waals surface area contributed by atoms with Crippen LogP contribution in [0, 0.1) is 0 Å². The second-order valence-electron chi connectivity index (χ2n) is 34.2. The highest BCUT2D eigenvalue weighted by Crippen LogP contribution is 2.20. The molecule has 27 heteroatoms. The predicted octanol–water partition coefficient (Wildman–Crippen LogP) is 6.97. The molecule has 0 rings (SSSR count). The van der Waals surface area contributed by atoms with Gasteiger partial charge in [0.15, 0.2) is 0 Å². The van der Waals surface area contributed by atoms with Crippen LogP contribution in [0.4, 0.5) is 0 Å². The predicted molar refractivity (Wildman–Crippen MR) is 366 cm³/mol. The van der Waals surface area contributed by atoms with Gasteiger partial charge in [-0.15, -0.1) is 0 Å². The van der Waals surface area contributed by atoms with Crippen molar-refractivity contribution >= 4 is 59.7 Å². The van der Waals surface area contributed by atoms with Crippen molar-refractivity contribution in [2.24, 2.45) is 0 Å². The van der Waals surface area contributed by atoms with Gasteiger partial charge < -0.3 is 52.1 Å². The first kappa shape index (κ1) is 91.4. The Hall–Kier alpha value is -5.58. The van der Waals surface area contributed by atoms with E-state index in [1.54, 1.807) is 218 Å². The maximum atomic E-state index is 14.8. The summed E-state index contributed by atoms with van der Waals surface area (Å²) in [6.07, 6.45) is 0. The van der Waals surface area contributed by atoms with E-state index in [1.807, 2.05) is 0 Å². The monoisotopic (exact) mass is 1390 g/mol. The zero-order chi connectivity index (χ0) is 75.9. The Morgan fingerprint density at radius 1 is 0.216 bits per heavy atom. The summed E-state index contributed by atoms with van der Waals surface area (Å²) in [6, 6.07) is -2.89. The van der Waals surface area contributed by atoms with E-state index >= 15 is 0 Å². The number of hydrogen-bond acceptors (Lipinski definition) is 27. The Morgan fingerprint density at radius 3 is 0.557 bits per heavy atom. The Balaban J connectivity index is 8.22. The van der Waals surface area contributed by atoms with Crippen LogP contribution in [0.2, 0.25) is 0 Å². The van der Waals surface area contributed by atoms with Gasteiger partial charge in [0.05, 0.1) is 65.6 Å². The zero-order valence-electron chi connectivity index (χ0n) is 65.1. The van der Waals surface area contributed by atoms with Gasteiger partial charge in [0.25, 0.3) is 0 Å². The summed E-state index contributed by atoms with van der Waals surface area (Å²) >= 11 is 0. The molecule has 27 nitrogen and oxygen atoms in total. The molecule has 0 aromatic heterocycles. The van der Waals surface area contributed by atoms with E-state index in [2.05, 4.69) is 0 Å². The van der Waals surface area contributed by atoms with Gasteiger partial charge in [-0.05, 0) is 208 Å². The van der Waals surface area contributed by atoms with Crippen LogP contribution < -0.4 is 0 Å². The van der Waals surface area contributed by atoms with E-state index in [4.69, 9.17) is 52.1 Å². The van der Waals surface area contributed by atoms with Crippen molar-refractivity contribution in [3.63, 3.8) is 0 Å². The molecule has 0 fully saturated rings. The van der Waals surface area contributed by atoms with Crippen molar-refractivity contribution in [1.82, 2.24) is 29.4 Å². The smallest absolute Gasteiger partial charge is 0.326 e. The lowest BCUT2D eigenvalue weighted by atomic mass is 10.1. The van der Waals surface area contributed by atoms with Crippen LogP contribution in [0.15, 0.2) is 0 Å². The molecular weight excluding hydrogens is 1260 g/mol. The third-order valence-corrected chi connectivity index (χ3v) is 11.8. The lowest BCUT2D eigenvalue weighted by Gasteiger charge is -2.36. The summed E-state index contributed by atoms with van der Waals surface area (Å²) in [6.45, 7) is 46.3. The minimum absolute atomic E-state index is 0.0111. The molecule has 0 bridgehead atoms. The second-order valence-corrected chi connectivity index (χ2v) is 34.2. The van der Waals surface area contributed by atoms with Gasteiger partial charge in [0.1, 0.15) is 68.1 Å². The number of nitrogens with zero attached hydrogens (tertiary/aromatic N) is 6. The lowest BCUT2D eigenvalue weighted by molar-refractivity contribution is -0.171. The van der Waals surface area contributed by atoms with Crippen molar-refractivity contribution < 1.29 is 100 Å². The van der Waals surface area contributed by atoms with Crippen LogP contribution in [0.1, 0.15) is 208 Å². The molecule has 2 unspecified atom stereocenters. The Bertz CT molecular complexity index is 2310. The third-order valence-electron chi connectivity index (χ3n) is 11.8. The van der Waals surface area contributed by atoms with Crippen LogP contribution in [-0.4, -0.2) is 275 Å². The van der Waals surface area contributed by atoms with Crippen molar-refractivity contribution in [3.05, 3.63) is 0 Å². The molecule has 0 aromatic rings. The lowest BCUT2D eigenvalue weighted by Crippen LogP contribution is -2.54. The summed E-state index contributed by atoms with van der Waals surface area (Å²) in [5.41, 5.74) is -9.39.